The minimum atomic E-state index is 0.0500. The zero-order valence-electron chi connectivity index (χ0n) is 7.83. The molecule has 0 aromatic heterocycles. The maximum absolute atomic E-state index is 11.2. The Kier molecular flexibility index (Phi) is 3.92. The molecule has 0 unspecified atom stereocenters. The fraction of sp³-hybridized carbons (Fsp3) is 0.667. The summed E-state index contributed by atoms with van der Waals surface area (Å²) in [6.45, 7) is 6.30. The maximum atomic E-state index is 11.2. The Balaban J connectivity index is 2.16. The van der Waals surface area contributed by atoms with E-state index in [2.05, 4.69) is 16.8 Å². The van der Waals surface area contributed by atoms with E-state index < -0.39 is 0 Å². The number of carbonyl (C=O) groups is 1. The molecule has 1 fully saturated rings. The van der Waals surface area contributed by atoms with Crippen LogP contribution in [0.2, 0.25) is 0 Å². The predicted molar refractivity (Wildman–Crippen MR) is 52.2 cm³/mol. The standard InChI is InChI=1S/C9H17N3O/c1-2-4-11-9(13)7-12-5-3-8(10)6-12/h2,8H,1,3-7,10H2,(H,11,13)/t8-/m1/s1. The van der Waals surface area contributed by atoms with Gasteiger partial charge in [0.1, 0.15) is 0 Å². The summed E-state index contributed by atoms with van der Waals surface area (Å²) >= 11 is 0. The van der Waals surface area contributed by atoms with Gasteiger partial charge in [0.25, 0.3) is 0 Å². The molecule has 13 heavy (non-hydrogen) atoms. The first-order valence-corrected chi connectivity index (χ1v) is 4.58. The minimum Gasteiger partial charge on any atom is -0.352 e. The van der Waals surface area contributed by atoms with Crippen molar-refractivity contribution in [3.05, 3.63) is 12.7 Å². The van der Waals surface area contributed by atoms with E-state index in [1.807, 2.05) is 0 Å². The maximum Gasteiger partial charge on any atom is 0.234 e. The molecule has 1 heterocycles. The highest BCUT2D eigenvalue weighted by Gasteiger charge is 2.20. The van der Waals surface area contributed by atoms with Gasteiger partial charge in [0.15, 0.2) is 0 Å². The number of nitrogens with two attached hydrogens (primary N) is 1. The van der Waals surface area contributed by atoms with Crippen LogP contribution >= 0.6 is 0 Å². The molecule has 0 saturated carbocycles. The highest BCUT2D eigenvalue weighted by molar-refractivity contribution is 5.78. The molecule has 0 spiro atoms. The number of rotatable bonds is 4. The fourth-order valence-electron chi connectivity index (χ4n) is 1.45. The smallest absolute Gasteiger partial charge is 0.234 e. The summed E-state index contributed by atoms with van der Waals surface area (Å²) in [7, 11) is 0. The van der Waals surface area contributed by atoms with Crippen molar-refractivity contribution in [1.82, 2.24) is 10.2 Å². The molecule has 0 aliphatic carbocycles. The van der Waals surface area contributed by atoms with Crippen molar-refractivity contribution in [3.8, 4) is 0 Å². The van der Waals surface area contributed by atoms with E-state index in [0.29, 0.717) is 13.1 Å². The number of likely N-dealkylation sites (tertiary alicyclic amines) is 1. The van der Waals surface area contributed by atoms with Gasteiger partial charge in [-0.15, -0.1) is 6.58 Å². The van der Waals surface area contributed by atoms with Crippen molar-refractivity contribution in [1.29, 1.82) is 0 Å². The number of carbonyl (C=O) groups excluding carboxylic acids is 1. The van der Waals surface area contributed by atoms with Crippen molar-refractivity contribution in [3.63, 3.8) is 0 Å². The second-order valence-electron chi connectivity index (χ2n) is 3.38. The van der Waals surface area contributed by atoms with E-state index >= 15 is 0 Å². The predicted octanol–water partition coefficient (Wildman–Crippen LogP) is -0.678. The van der Waals surface area contributed by atoms with Gasteiger partial charge in [-0.25, -0.2) is 0 Å². The number of amides is 1. The van der Waals surface area contributed by atoms with Gasteiger partial charge >= 0.3 is 0 Å². The molecule has 0 aromatic rings. The van der Waals surface area contributed by atoms with Crippen molar-refractivity contribution in [2.24, 2.45) is 5.73 Å². The van der Waals surface area contributed by atoms with Gasteiger partial charge in [-0.05, 0) is 6.42 Å². The third-order valence-electron chi connectivity index (χ3n) is 2.12. The Labute approximate surface area is 78.8 Å². The monoisotopic (exact) mass is 183 g/mol. The summed E-state index contributed by atoms with van der Waals surface area (Å²) in [5.74, 6) is 0.0500. The van der Waals surface area contributed by atoms with Crippen LogP contribution in [-0.4, -0.2) is 43.0 Å². The van der Waals surface area contributed by atoms with Gasteiger partial charge in [0.05, 0.1) is 6.54 Å². The molecule has 4 heteroatoms. The van der Waals surface area contributed by atoms with Crippen molar-refractivity contribution < 1.29 is 4.79 Å². The van der Waals surface area contributed by atoms with E-state index in [-0.39, 0.29) is 11.9 Å². The SMILES string of the molecule is C=CCNC(=O)CN1CC[C@@H](N)C1. The lowest BCUT2D eigenvalue weighted by Gasteiger charge is -2.13. The molecular weight excluding hydrogens is 166 g/mol. The highest BCUT2D eigenvalue weighted by atomic mass is 16.2. The highest BCUT2D eigenvalue weighted by Crippen LogP contribution is 2.05. The van der Waals surface area contributed by atoms with Crippen LogP contribution < -0.4 is 11.1 Å². The second kappa shape index (κ2) is 4.99. The molecule has 1 aliphatic heterocycles. The van der Waals surface area contributed by atoms with E-state index in [0.717, 1.165) is 19.5 Å². The topological polar surface area (TPSA) is 58.4 Å². The summed E-state index contributed by atoms with van der Waals surface area (Å²) in [4.78, 5) is 13.3. The summed E-state index contributed by atoms with van der Waals surface area (Å²) in [6, 6.07) is 0.243. The molecule has 1 amide bonds. The van der Waals surface area contributed by atoms with Crippen LogP contribution in [0.25, 0.3) is 0 Å². The second-order valence-corrected chi connectivity index (χ2v) is 3.38. The van der Waals surface area contributed by atoms with Crippen LogP contribution in [-0.2, 0) is 4.79 Å². The summed E-state index contributed by atoms with van der Waals surface area (Å²) in [5.41, 5.74) is 5.71. The summed E-state index contributed by atoms with van der Waals surface area (Å²) in [5, 5.41) is 2.73. The number of nitrogens with one attached hydrogen (secondary N) is 1. The van der Waals surface area contributed by atoms with E-state index in [1.165, 1.54) is 0 Å². The molecule has 1 aliphatic rings. The lowest BCUT2D eigenvalue weighted by atomic mass is 10.3. The molecule has 1 atom stereocenters. The van der Waals surface area contributed by atoms with Crippen molar-refractivity contribution in [2.75, 3.05) is 26.2 Å². The minimum absolute atomic E-state index is 0.0500. The van der Waals surface area contributed by atoms with Gasteiger partial charge in [-0.2, -0.15) is 0 Å². The van der Waals surface area contributed by atoms with Crippen LogP contribution in [0.15, 0.2) is 12.7 Å². The average molecular weight is 183 g/mol. The molecule has 4 nitrogen and oxygen atoms in total. The molecule has 0 aromatic carbocycles. The van der Waals surface area contributed by atoms with Crippen molar-refractivity contribution in [2.45, 2.75) is 12.5 Å². The third-order valence-corrected chi connectivity index (χ3v) is 2.12. The van der Waals surface area contributed by atoms with Crippen LogP contribution in [0, 0.1) is 0 Å². The first kappa shape index (κ1) is 10.2. The molecule has 74 valence electrons. The largest absolute Gasteiger partial charge is 0.352 e. The Morgan fingerprint density at radius 1 is 1.77 bits per heavy atom. The number of hydrogen-bond acceptors (Lipinski definition) is 3. The number of nitrogens with zero attached hydrogens (tertiary/aromatic N) is 1. The fourth-order valence-corrected chi connectivity index (χ4v) is 1.45. The van der Waals surface area contributed by atoms with Crippen LogP contribution in [0.3, 0.4) is 0 Å². The zero-order chi connectivity index (χ0) is 9.68. The van der Waals surface area contributed by atoms with Gasteiger partial charge in [-0.3, -0.25) is 9.69 Å². The molecule has 0 radical (unpaired) electrons. The average Bonchev–Trinajstić information content (AvgIpc) is 2.48. The Morgan fingerprint density at radius 2 is 2.54 bits per heavy atom. The summed E-state index contributed by atoms with van der Waals surface area (Å²) < 4.78 is 0. The molecule has 0 bridgehead atoms. The molecule has 3 N–H and O–H groups in total. The lowest BCUT2D eigenvalue weighted by Crippen LogP contribution is -2.37. The first-order chi connectivity index (χ1) is 6.22. The summed E-state index contributed by atoms with van der Waals surface area (Å²) in [6.07, 6.45) is 2.67. The Bertz CT molecular complexity index is 193. The van der Waals surface area contributed by atoms with Crippen LogP contribution in [0.4, 0.5) is 0 Å². The van der Waals surface area contributed by atoms with Gasteiger partial charge in [0.2, 0.25) is 5.91 Å². The Hall–Kier alpha value is -0.870. The van der Waals surface area contributed by atoms with Crippen LogP contribution in [0.1, 0.15) is 6.42 Å². The Morgan fingerprint density at radius 3 is 3.08 bits per heavy atom. The zero-order valence-corrected chi connectivity index (χ0v) is 7.83. The van der Waals surface area contributed by atoms with Gasteiger partial charge < -0.3 is 11.1 Å². The van der Waals surface area contributed by atoms with Gasteiger partial charge in [0, 0.05) is 25.7 Å². The molecule has 1 rings (SSSR count). The van der Waals surface area contributed by atoms with Crippen molar-refractivity contribution >= 4 is 5.91 Å². The van der Waals surface area contributed by atoms with E-state index in [9.17, 15) is 4.79 Å². The van der Waals surface area contributed by atoms with Gasteiger partial charge in [-0.1, -0.05) is 6.08 Å². The normalized spacial score (nSPS) is 23.0. The van der Waals surface area contributed by atoms with E-state index in [1.54, 1.807) is 6.08 Å². The molecular formula is C9H17N3O. The third kappa shape index (κ3) is 3.57. The van der Waals surface area contributed by atoms with Crippen LogP contribution in [0.5, 0.6) is 0 Å². The quantitative estimate of drug-likeness (QED) is 0.568. The lowest BCUT2D eigenvalue weighted by molar-refractivity contribution is -0.121. The number of hydrogen-bond donors (Lipinski definition) is 2. The molecule has 1 saturated heterocycles. The van der Waals surface area contributed by atoms with E-state index in [4.69, 9.17) is 5.73 Å². The first-order valence-electron chi connectivity index (χ1n) is 4.58.